The third-order valence-corrected chi connectivity index (χ3v) is 2.02. The molecule has 0 fully saturated rings. The fourth-order valence-electron chi connectivity index (χ4n) is 1.14. The second kappa shape index (κ2) is 6.00. The van der Waals surface area contributed by atoms with Crippen LogP contribution in [0, 0.1) is 5.41 Å². The summed E-state index contributed by atoms with van der Waals surface area (Å²) in [6.07, 6.45) is 0.919. The van der Waals surface area contributed by atoms with Gasteiger partial charge in [0.25, 0.3) is 0 Å². The summed E-state index contributed by atoms with van der Waals surface area (Å²) in [5.41, 5.74) is 0.598. The molecule has 0 spiro atoms. The standard InChI is InChI=1S/C9H11ClN4O3/c1-17-8-7(12-3-2-6(15)16)5(4-11)13-9(10)14-8/h4,11-12H,2-3H2,1H3,(H,15,16). The Hall–Kier alpha value is -1.89. The van der Waals surface area contributed by atoms with Crippen LogP contribution in [0.15, 0.2) is 0 Å². The van der Waals surface area contributed by atoms with Crippen molar-refractivity contribution in [1.82, 2.24) is 9.97 Å². The van der Waals surface area contributed by atoms with Gasteiger partial charge in [-0.25, -0.2) is 4.98 Å². The van der Waals surface area contributed by atoms with Gasteiger partial charge >= 0.3 is 5.97 Å². The molecule has 0 unspecified atom stereocenters. The van der Waals surface area contributed by atoms with Crippen LogP contribution in [0.4, 0.5) is 5.69 Å². The lowest BCUT2D eigenvalue weighted by atomic mass is 10.3. The minimum Gasteiger partial charge on any atom is -0.481 e. The van der Waals surface area contributed by atoms with Gasteiger partial charge in [-0.05, 0) is 11.6 Å². The third kappa shape index (κ3) is 3.56. The smallest absolute Gasteiger partial charge is 0.305 e. The molecule has 0 atom stereocenters. The number of aromatic nitrogens is 2. The normalized spacial score (nSPS) is 9.76. The Morgan fingerprint density at radius 2 is 2.35 bits per heavy atom. The first-order valence-electron chi connectivity index (χ1n) is 4.66. The molecular weight excluding hydrogens is 248 g/mol. The SMILES string of the molecule is COc1nc(Cl)nc(C=N)c1NCCC(=O)O. The molecule has 8 heteroatoms. The van der Waals surface area contributed by atoms with Crippen molar-refractivity contribution in [3.63, 3.8) is 0 Å². The van der Waals surface area contributed by atoms with Gasteiger partial charge in [0.05, 0.1) is 13.5 Å². The van der Waals surface area contributed by atoms with Crippen LogP contribution in [-0.4, -0.2) is 40.9 Å². The summed E-state index contributed by atoms with van der Waals surface area (Å²) in [5.74, 6) is -0.753. The van der Waals surface area contributed by atoms with Crippen molar-refractivity contribution < 1.29 is 14.6 Å². The summed E-state index contributed by atoms with van der Waals surface area (Å²) in [6, 6.07) is 0. The number of nitrogens with one attached hydrogen (secondary N) is 2. The lowest BCUT2D eigenvalue weighted by Crippen LogP contribution is -2.11. The van der Waals surface area contributed by atoms with Gasteiger partial charge in [-0.1, -0.05) is 0 Å². The predicted octanol–water partition coefficient (Wildman–Crippen LogP) is 1.02. The lowest BCUT2D eigenvalue weighted by molar-refractivity contribution is -0.136. The molecule has 92 valence electrons. The molecule has 3 N–H and O–H groups in total. The number of rotatable bonds is 6. The molecule has 0 aliphatic heterocycles. The number of ether oxygens (including phenoxy) is 1. The second-order valence-electron chi connectivity index (χ2n) is 2.98. The van der Waals surface area contributed by atoms with Crippen molar-refractivity contribution in [2.75, 3.05) is 19.0 Å². The Morgan fingerprint density at radius 1 is 1.65 bits per heavy atom. The summed E-state index contributed by atoms with van der Waals surface area (Å²) in [6.45, 7) is 0.178. The van der Waals surface area contributed by atoms with Gasteiger partial charge in [0, 0.05) is 12.8 Å². The Bertz CT molecular complexity index is 438. The average Bonchev–Trinajstić information content (AvgIpc) is 2.29. The van der Waals surface area contributed by atoms with Crippen LogP contribution in [-0.2, 0) is 4.79 Å². The van der Waals surface area contributed by atoms with E-state index in [1.807, 2.05) is 0 Å². The zero-order valence-corrected chi connectivity index (χ0v) is 9.78. The molecule has 7 nitrogen and oxygen atoms in total. The summed E-state index contributed by atoms with van der Waals surface area (Å²) < 4.78 is 4.98. The van der Waals surface area contributed by atoms with Gasteiger partial charge in [-0.3, -0.25) is 4.79 Å². The van der Waals surface area contributed by atoms with Gasteiger partial charge < -0.3 is 20.6 Å². The quantitative estimate of drug-likeness (QED) is 0.519. The van der Waals surface area contributed by atoms with Crippen LogP contribution >= 0.6 is 11.6 Å². The molecule has 0 saturated carbocycles. The number of carboxylic acid groups (broad SMARTS) is 1. The van der Waals surface area contributed by atoms with Crippen LogP contribution in [0.1, 0.15) is 12.1 Å². The molecule has 1 aromatic heterocycles. The van der Waals surface area contributed by atoms with E-state index in [4.69, 9.17) is 26.9 Å². The van der Waals surface area contributed by atoms with Gasteiger partial charge in [-0.15, -0.1) is 0 Å². The van der Waals surface area contributed by atoms with Gasteiger partial charge in [0.1, 0.15) is 11.4 Å². The van der Waals surface area contributed by atoms with E-state index >= 15 is 0 Å². The highest BCUT2D eigenvalue weighted by Crippen LogP contribution is 2.25. The number of hydrogen-bond acceptors (Lipinski definition) is 6. The van der Waals surface area contributed by atoms with E-state index in [9.17, 15) is 4.79 Å². The van der Waals surface area contributed by atoms with Crippen LogP contribution in [0.3, 0.4) is 0 Å². The summed E-state index contributed by atoms with van der Waals surface area (Å²) in [7, 11) is 1.40. The molecule has 0 saturated heterocycles. The molecule has 0 aliphatic rings. The predicted molar refractivity (Wildman–Crippen MR) is 62.2 cm³/mol. The fraction of sp³-hybridized carbons (Fsp3) is 0.333. The number of carboxylic acids is 1. The highest BCUT2D eigenvalue weighted by molar-refractivity contribution is 6.28. The molecule has 0 bridgehead atoms. The highest BCUT2D eigenvalue weighted by atomic mass is 35.5. The minimum atomic E-state index is -0.928. The van der Waals surface area contributed by atoms with Gasteiger partial charge in [0.2, 0.25) is 11.2 Å². The zero-order valence-electron chi connectivity index (χ0n) is 9.03. The summed E-state index contributed by atoms with van der Waals surface area (Å²) >= 11 is 5.64. The van der Waals surface area contributed by atoms with Crippen LogP contribution < -0.4 is 10.1 Å². The first-order valence-corrected chi connectivity index (χ1v) is 5.04. The lowest BCUT2D eigenvalue weighted by Gasteiger charge is -2.11. The monoisotopic (exact) mass is 258 g/mol. The van der Waals surface area contributed by atoms with Crippen molar-refractivity contribution >= 4 is 29.5 Å². The van der Waals surface area contributed by atoms with Crippen molar-refractivity contribution in [3.05, 3.63) is 11.0 Å². The third-order valence-electron chi connectivity index (χ3n) is 1.85. The van der Waals surface area contributed by atoms with E-state index in [-0.39, 0.29) is 29.8 Å². The molecule has 1 heterocycles. The number of hydrogen-bond donors (Lipinski definition) is 3. The van der Waals surface area contributed by atoms with E-state index in [0.717, 1.165) is 6.21 Å². The van der Waals surface area contributed by atoms with Crippen LogP contribution in [0.2, 0.25) is 5.28 Å². The molecule has 17 heavy (non-hydrogen) atoms. The Labute approximate surface area is 102 Å². The zero-order chi connectivity index (χ0) is 12.8. The molecule has 0 aromatic carbocycles. The second-order valence-corrected chi connectivity index (χ2v) is 3.32. The van der Waals surface area contributed by atoms with E-state index in [2.05, 4.69) is 15.3 Å². The van der Waals surface area contributed by atoms with E-state index in [0.29, 0.717) is 5.69 Å². The number of halogens is 1. The fourth-order valence-corrected chi connectivity index (χ4v) is 1.31. The molecule has 0 amide bonds. The largest absolute Gasteiger partial charge is 0.481 e. The van der Waals surface area contributed by atoms with Crippen molar-refractivity contribution in [1.29, 1.82) is 5.41 Å². The van der Waals surface area contributed by atoms with Crippen LogP contribution in [0.5, 0.6) is 5.88 Å². The average molecular weight is 259 g/mol. The van der Waals surface area contributed by atoms with Gasteiger partial charge in [-0.2, -0.15) is 4.98 Å². The molecule has 1 aromatic rings. The Morgan fingerprint density at radius 3 is 2.88 bits per heavy atom. The highest BCUT2D eigenvalue weighted by Gasteiger charge is 2.13. The maximum absolute atomic E-state index is 10.4. The molecule has 0 aliphatic carbocycles. The first-order chi connectivity index (χ1) is 8.08. The number of nitrogens with zero attached hydrogens (tertiary/aromatic N) is 2. The minimum absolute atomic E-state index is 0.0378. The summed E-state index contributed by atoms with van der Waals surface area (Å²) in [5, 5.41) is 18.5. The van der Waals surface area contributed by atoms with Gasteiger partial charge in [0.15, 0.2) is 0 Å². The van der Waals surface area contributed by atoms with Crippen molar-refractivity contribution in [2.45, 2.75) is 6.42 Å². The number of aliphatic carboxylic acids is 1. The topological polar surface area (TPSA) is 108 Å². The Kier molecular flexibility index (Phi) is 4.65. The Balaban J connectivity index is 2.94. The molecular formula is C9H11ClN4O3. The van der Waals surface area contributed by atoms with Crippen molar-refractivity contribution in [2.24, 2.45) is 0 Å². The first kappa shape index (κ1) is 13.2. The number of anilines is 1. The van der Waals surface area contributed by atoms with Crippen LogP contribution in [0.25, 0.3) is 0 Å². The molecule has 1 rings (SSSR count). The molecule has 0 radical (unpaired) electrons. The number of methoxy groups -OCH3 is 1. The maximum atomic E-state index is 10.4. The van der Waals surface area contributed by atoms with E-state index < -0.39 is 5.97 Å². The summed E-state index contributed by atoms with van der Waals surface area (Å²) in [4.78, 5) is 18.0. The van der Waals surface area contributed by atoms with E-state index in [1.165, 1.54) is 7.11 Å². The maximum Gasteiger partial charge on any atom is 0.305 e. The van der Waals surface area contributed by atoms with E-state index in [1.54, 1.807) is 0 Å². The number of carbonyl (C=O) groups is 1. The van der Waals surface area contributed by atoms with Crippen molar-refractivity contribution in [3.8, 4) is 5.88 Å².